The fraction of sp³-hybridized carbons (Fsp3) is 0.391. The van der Waals surface area contributed by atoms with E-state index in [0.717, 1.165) is 5.56 Å². The molecule has 8 nitrogen and oxygen atoms in total. The largest absolute Gasteiger partial charge is 0.398 e. The van der Waals surface area contributed by atoms with Gasteiger partial charge in [-0.05, 0) is 36.2 Å². The van der Waals surface area contributed by atoms with Crippen LogP contribution in [0.25, 0.3) is 0 Å². The second kappa shape index (κ2) is 9.70. The maximum atomic E-state index is 13.4. The van der Waals surface area contributed by atoms with E-state index in [4.69, 9.17) is 10.5 Å². The second-order valence-corrected chi connectivity index (χ2v) is 7.87. The Bertz CT molecular complexity index is 950. The van der Waals surface area contributed by atoms with E-state index in [9.17, 15) is 14.4 Å². The molecule has 4 N–H and O–H groups in total. The van der Waals surface area contributed by atoms with Crippen molar-refractivity contribution in [3.8, 4) is 0 Å². The van der Waals surface area contributed by atoms with Gasteiger partial charge in [-0.25, -0.2) is 0 Å². The lowest BCUT2D eigenvalue weighted by atomic mass is 9.91. The van der Waals surface area contributed by atoms with Gasteiger partial charge in [0.25, 0.3) is 0 Å². The molecule has 0 unspecified atom stereocenters. The number of nitrogens with two attached hydrogens (primary N) is 1. The number of nitrogens with one attached hydrogen (secondary N) is 2. The van der Waals surface area contributed by atoms with Crippen molar-refractivity contribution in [1.82, 2.24) is 15.6 Å². The third kappa shape index (κ3) is 4.74. The first-order valence-corrected chi connectivity index (χ1v) is 10.2. The second-order valence-electron chi connectivity index (χ2n) is 7.87. The van der Waals surface area contributed by atoms with Crippen molar-refractivity contribution in [2.75, 3.05) is 26.0 Å². The first kappa shape index (κ1) is 22.4. The molecule has 2 aromatic rings. The third-order valence-electron chi connectivity index (χ3n) is 5.82. The van der Waals surface area contributed by atoms with Gasteiger partial charge in [-0.3, -0.25) is 19.4 Å². The van der Waals surface area contributed by atoms with Crippen molar-refractivity contribution < 1.29 is 19.1 Å². The number of nitrogens with zero attached hydrogens (tertiary/aromatic N) is 1. The fourth-order valence-corrected chi connectivity index (χ4v) is 3.97. The lowest BCUT2D eigenvalue weighted by molar-refractivity contribution is -0.127. The highest BCUT2D eigenvalue weighted by atomic mass is 16.5. The van der Waals surface area contributed by atoms with E-state index in [1.54, 1.807) is 62.8 Å². The van der Waals surface area contributed by atoms with Gasteiger partial charge in [0.05, 0.1) is 17.3 Å². The van der Waals surface area contributed by atoms with Gasteiger partial charge < -0.3 is 21.1 Å². The Labute approximate surface area is 181 Å². The highest BCUT2D eigenvalue weighted by Crippen LogP contribution is 2.60. The van der Waals surface area contributed by atoms with E-state index in [-0.39, 0.29) is 24.1 Å². The highest BCUT2D eigenvalue weighted by Gasteiger charge is 2.72. The quantitative estimate of drug-likeness (QED) is 0.302. The van der Waals surface area contributed by atoms with Crippen LogP contribution in [0.3, 0.4) is 0 Å². The molecular formula is C23H28N4O4. The predicted molar refractivity (Wildman–Crippen MR) is 116 cm³/mol. The Balaban J connectivity index is 1.77. The number of amides is 2. The normalized spacial score (nSPS) is 21.9. The van der Waals surface area contributed by atoms with Gasteiger partial charge in [-0.15, -0.1) is 0 Å². The molecule has 1 fully saturated rings. The first-order valence-electron chi connectivity index (χ1n) is 10.2. The van der Waals surface area contributed by atoms with Gasteiger partial charge in [0.1, 0.15) is 0 Å². The third-order valence-corrected chi connectivity index (χ3v) is 5.82. The number of benzene rings is 1. The van der Waals surface area contributed by atoms with Crippen LogP contribution in [0, 0.1) is 17.3 Å². The predicted octanol–water partition coefficient (Wildman–Crippen LogP) is 1.57. The van der Waals surface area contributed by atoms with Gasteiger partial charge in [0, 0.05) is 50.5 Å². The average molecular weight is 425 g/mol. The van der Waals surface area contributed by atoms with E-state index >= 15 is 0 Å². The molecule has 3 atom stereocenters. The summed E-state index contributed by atoms with van der Waals surface area (Å²) in [7, 11) is 1.59. The van der Waals surface area contributed by atoms with Crippen LogP contribution in [0.4, 0.5) is 5.69 Å². The first-order chi connectivity index (χ1) is 14.9. The molecule has 0 spiro atoms. The van der Waals surface area contributed by atoms with Crippen LogP contribution >= 0.6 is 0 Å². The van der Waals surface area contributed by atoms with Crippen LogP contribution in [0.15, 0.2) is 48.8 Å². The number of anilines is 1. The van der Waals surface area contributed by atoms with Gasteiger partial charge in [-0.1, -0.05) is 19.1 Å². The molecule has 8 heteroatoms. The number of pyridine rings is 1. The van der Waals surface area contributed by atoms with E-state index in [0.29, 0.717) is 30.8 Å². The smallest absolute Gasteiger partial charge is 0.225 e. The Hall–Kier alpha value is -3.26. The molecule has 1 aliphatic carbocycles. The van der Waals surface area contributed by atoms with E-state index in [1.165, 1.54) is 0 Å². The minimum Gasteiger partial charge on any atom is -0.398 e. The zero-order chi connectivity index (χ0) is 22.4. The number of Topliss-reactive ketones (excluding diaryl/α,β-unsaturated/α-hetero) is 1. The van der Waals surface area contributed by atoms with Crippen LogP contribution in [-0.4, -0.2) is 42.8 Å². The minimum atomic E-state index is -1.16. The zero-order valence-corrected chi connectivity index (χ0v) is 17.8. The van der Waals surface area contributed by atoms with Crippen molar-refractivity contribution in [3.05, 3.63) is 59.9 Å². The van der Waals surface area contributed by atoms with Crippen LogP contribution < -0.4 is 16.4 Å². The number of para-hydroxylation sites is 1. The summed E-state index contributed by atoms with van der Waals surface area (Å²) < 4.78 is 5.00. The van der Waals surface area contributed by atoms with Crippen molar-refractivity contribution in [1.29, 1.82) is 0 Å². The van der Waals surface area contributed by atoms with Crippen molar-refractivity contribution in [3.63, 3.8) is 0 Å². The number of nitrogen functional groups attached to an aromatic ring is 1. The lowest BCUT2D eigenvalue weighted by Crippen LogP contribution is -2.31. The number of ketones is 1. The van der Waals surface area contributed by atoms with Crippen LogP contribution in [0.5, 0.6) is 0 Å². The van der Waals surface area contributed by atoms with Crippen LogP contribution in [0.1, 0.15) is 29.3 Å². The highest BCUT2D eigenvalue weighted by molar-refractivity contribution is 6.13. The number of hydrogen-bond donors (Lipinski definition) is 3. The zero-order valence-electron chi connectivity index (χ0n) is 17.8. The topological polar surface area (TPSA) is 123 Å². The Kier molecular flexibility index (Phi) is 7.02. The number of hydrogen-bond acceptors (Lipinski definition) is 6. The SMILES string of the molecule is COCCCNC(=O)[C@H]1[C@@H](C(=O)NCc2ccncc2)[C@@]1(C)C(=O)c1ccccc1N. The molecule has 0 saturated heterocycles. The van der Waals surface area contributed by atoms with Crippen molar-refractivity contribution in [2.45, 2.75) is 19.9 Å². The molecule has 1 aromatic carbocycles. The van der Waals surface area contributed by atoms with Gasteiger partial charge in [0.2, 0.25) is 11.8 Å². The summed E-state index contributed by atoms with van der Waals surface area (Å²) in [6, 6.07) is 10.3. The molecule has 3 rings (SSSR count). The molecule has 1 aliphatic rings. The maximum Gasteiger partial charge on any atom is 0.225 e. The van der Waals surface area contributed by atoms with Gasteiger partial charge >= 0.3 is 0 Å². The van der Waals surface area contributed by atoms with Gasteiger partial charge in [0.15, 0.2) is 5.78 Å². The molecule has 0 aliphatic heterocycles. The molecule has 0 radical (unpaired) electrons. The minimum absolute atomic E-state index is 0.289. The summed E-state index contributed by atoms with van der Waals surface area (Å²) in [6.45, 7) is 2.87. The van der Waals surface area contributed by atoms with Crippen molar-refractivity contribution in [2.24, 2.45) is 17.3 Å². The average Bonchev–Trinajstić information content (AvgIpc) is 3.42. The fourth-order valence-electron chi connectivity index (χ4n) is 3.97. The number of methoxy groups -OCH3 is 1. The van der Waals surface area contributed by atoms with Crippen LogP contribution in [0.2, 0.25) is 0 Å². The molecule has 164 valence electrons. The maximum absolute atomic E-state index is 13.4. The number of rotatable bonds is 10. The summed E-state index contributed by atoms with van der Waals surface area (Å²) >= 11 is 0. The Morgan fingerprint density at radius 1 is 1.06 bits per heavy atom. The summed E-state index contributed by atoms with van der Waals surface area (Å²) in [4.78, 5) is 43.2. The van der Waals surface area contributed by atoms with E-state index in [1.807, 2.05) is 0 Å². The number of carbonyl (C=O) groups is 3. The van der Waals surface area contributed by atoms with Crippen molar-refractivity contribution >= 4 is 23.3 Å². The van der Waals surface area contributed by atoms with E-state index < -0.39 is 17.3 Å². The monoisotopic (exact) mass is 424 g/mol. The Morgan fingerprint density at radius 2 is 1.71 bits per heavy atom. The molecule has 0 bridgehead atoms. The summed E-state index contributed by atoms with van der Waals surface area (Å²) in [5.41, 5.74) is 6.37. The molecular weight excluding hydrogens is 396 g/mol. The summed E-state index contributed by atoms with van der Waals surface area (Å²) in [5, 5.41) is 5.67. The molecule has 1 aromatic heterocycles. The molecule has 1 heterocycles. The Morgan fingerprint density at radius 3 is 2.35 bits per heavy atom. The molecule has 1 saturated carbocycles. The molecule has 31 heavy (non-hydrogen) atoms. The number of aromatic nitrogens is 1. The lowest BCUT2D eigenvalue weighted by Gasteiger charge is -2.13. The molecule has 2 amide bonds. The summed E-state index contributed by atoms with van der Waals surface area (Å²) in [5.74, 6) is -2.49. The van der Waals surface area contributed by atoms with Crippen LogP contribution in [-0.2, 0) is 20.9 Å². The summed E-state index contributed by atoms with van der Waals surface area (Å²) in [6.07, 6.45) is 3.92. The number of carbonyl (C=O) groups excluding carboxylic acids is 3. The number of ether oxygens (including phenoxy) is 1. The van der Waals surface area contributed by atoms with Gasteiger partial charge in [-0.2, -0.15) is 0 Å². The van der Waals surface area contributed by atoms with E-state index in [2.05, 4.69) is 15.6 Å². The standard InChI is InChI=1S/C23H28N4O4/c1-23(20(28)16-6-3-4-7-17(16)24)18(21(29)26-10-5-13-31-2)19(23)22(30)27-14-15-8-11-25-12-9-15/h3-4,6-9,11-12,18-19H,5,10,13-14,24H2,1-2H3,(H,26,29)(H,27,30)/t18-,19+,23+/m1/s1.